The molecule has 2 aromatic rings. The minimum atomic E-state index is -0.402. The summed E-state index contributed by atoms with van der Waals surface area (Å²) >= 11 is 0. The van der Waals surface area contributed by atoms with E-state index in [4.69, 9.17) is 4.74 Å². The summed E-state index contributed by atoms with van der Waals surface area (Å²) in [4.78, 5) is 15.6. The molecule has 0 saturated carbocycles. The van der Waals surface area contributed by atoms with Crippen LogP contribution in [0.2, 0.25) is 0 Å². The molecule has 1 fully saturated rings. The van der Waals surface area contributed by atoms with Gasteiger partial charge in [-0.15, -0.1) is 0 Å². The molecule has 1 aromatic carbocycles. The average molecular weight is 271 g/mol. The Morgan fingerprint density at radius 3 is 2.80 bits per heavy atom. The van der Waals surface area contributed by atoms with Crippen LogP contribution < -0.4 is 0 Å². The predicted molar refractivity (Wildman–Crippen MR) is 75.9 cm³/mol. The summed E-state index contributed by atoms with van der Waals surface area (Å²) in [5.74, 6) is 0.161. The Hall–Kier alpha value is -1.94. The van der Waals surface area contributed by atoms with Crippen LogP contribution in [-0.4, -0.2) is 31.3 Å². The minimum absolute atomic E-state index is 0.346. The zero-order valence-electron chi connectivity index (χ0n) is 11.5. The highest BCUT2D eigenvalue weighted by molar-refractivity contribution is 5.93. The van der Waals surface area contributed by atoms with Gasteiger partial charge in [0.1, 0.15) is 5.69 Å². The smallest absolute Gasteiger partial charge is 0.356 e. The van der Waals surface area contributed by atoms with Gasteiger partial charge in [0, 0.05) is 24.8 Å². The summed E-state index contributed by atoms with van der Waals surface area (Å²) in [6.45, 7) is 1.67. The zero-order valence-corrected chi connectivity index (χ0v) is 11.5. The van der Waals surface area contributed by atoms with Crippen molar-refractivity contribution in [1.82, 2.24) is 4.98 Å². The van der Waals surface area contributed by atoms with Gasteiger partial charge >= 0.3 is 5.97 Å². The molecular formula is C16H17NO3. The van der Waals surface area contributed by atoms with E-state index in [-0.39, 0.29) is 0 Å². The first-order valence-corrected chi connectivity index (χ1v) is 6.83. The van der Waals surface area contributed by atoms with Crippen molar-refractivity contribution in [3.8, 4) is 0 Å². The second-order valence-electron chi connectivity index (χ2n) is 5.05. The highest BCUT2D eigenvalue weighted by Crippen LogP contribution is 2.29. The normalized spacial score (nSPS) is 16.2. The van der Waals surface area contributed by atoms with E-state index in [9.17, 15) is 4.79 Å². The Labute approximate surface area is 117 Å². The van der Waals surface area contributed by atoms with Crippen molar-refractivity contribution in [2.45, 2.75) is 18.8 Å². The molecule has 1 aliphatic rings. The molecule has 0 spiro atoms. The van der Waals surface area contributed by atoms with E-state index < -0.39 is 5.97 Å². The lowest BCUT2D eigenvalue weighted by Crippen LogP contribution is -2.14. The number of esters is 1. The number of rotatable bonds is 2. The van der Waals surface area contributed by atoms with Crippen LogP contribution in [0.5, 0.6) is 0 Å². The lowest BCUT2D eigenvalue weighted by molar-refractivity contribution is 0.0594. The Kier molecular flexibility index (Phi) is 3.65. The molecule has 1 aromatic heterocycles. The third kappa shape index (κ3) is 2.51. The highest BCUT2D eigenvalue weighted by atomic mass is 16.5. The summed E-state index contributed by atoms with van der Waals surface area (Å²) in [5.41, 5.74) is 1.67. The topological polar surface area (TPSA) is 48.4 Å². The summed E-state index contributed by atoms with van der Waals surface area (Å²) in [6, 6.07) is 8.13. The lowest BCUT2D eigenvalue weighted by Gasteiger charge is -2.22. The van der Waals surface area contributed by atoms with E-state index in [0.29, 0.717) is 11.6 Å². The monoisotopic (exact) mass is 271 g/mol. The molecule has 0 radical (unpaired) electrons. The molecule has 20 heavy (non-hydrogen) atoms. The van der Waals surface area contributed by atoms with Crippen LogP contribution in [0.1, 0.15) is 34.8 Å². The maximum atomic E-state index is 11.5. The van der Waals surface area contributed by atoms with Crippen LogP contribution in [0.25, 0.3) is 10.8 Å². The molecule has 0 N–H and O–H groups in total. The second-order valence-corrected chi connectivity index (χ2v) is 5.05. The van der Waals surface area contributed by atoms with E-state index in [1.54, 1.807) is 12.3 Å². The number of benzene rings is 1. The standard InChI is InChI=1S/C16H17NO3/c1-19-16(18)15-9-13-3-2-12(8-14(13)10-17-15)11-4-6-20-7-5-11/h2-3,8-11H,4-7H2,1H3. The van der Waals surface area contributed by atoms with E-state index in [1.165, 1.54) is 12.7 Å². The van der Waals surface area contributed by atoms with Gasteiger partial charge in [0.05, 0.1) is 7.11 Å². The van der Waals surface area contributed by atoms with Crippen molar-refractivity contribution in [3.05, 3.63) is 41.7 Å². The average Bonchev–Trinajstić information content (AvgIpc) is 2.54. The van der Waals surface area contributed by atoms with Crippen molar-refractivity contribution in [2.75, 3.05) is 20.3 Å². The first-order chi connectivity index (χ1) is 9.78. The number of aromatic nitrogens is 1. The maximum Gasteiger partial charge on any atom is 0.356 e. The van der Waals surface area contributed by atoms with Crippen LogP contribution in [-0.2, 0) is 9.47 Å². The number of nitrogens with zero attached hydrogens (tertiary/aromatic N) is 1. The predicted octanol–water partition coefficient (Wildman–Crippen LogP) is 2.92. The van der Waals surface area contributed by atoms with Crippen molar-refractivity contribution in [1.29, 1.82) is 0 Å². The third-order valence-electron chi connectivity index (χ3n) is 3.83. The van der Waals surface area contributed by atoms with Gasteiger partial charge in [0.15, 0.2) is 0 Å². The number of hydrogen-bond donors (Lipinski definition) is 0. The largest absolute Gasteiger partial charge is 0.464 e. The number of carbonyl (C=O) groups excluding carboxylic acids is 1. The van der Waals surface area contributed by atoms with Crippen molar-refractivity contribution in [2.24, 2.45) is 0 Å². The Morgan fingerprint density at radius 2 is 2.05 bits per heavy atom. The van der Waals surface area contributed by atoms with E-state index in [1.807, 2.05) is 6.07 Å². The van der Waals surface area contributed by atoms with Gasteiger partial charge in [0.25, 0.3) is 0 Å². The first kappa shape index (κ1) is 13.1. The molecule has 0 unspecified atom stereocenters. The Bertz CT molecular complexity index is 633. The number of carbonyl (C=O) groups is 1. The molecule has 1 aliphatic heterocycles. The van der Waals surface area contributed by atoms with Crippen LogP contribution in [0.4, 0.5) is 0 Å². The summed E-state index contributed by atoms with van der Waals surface area (Å²) in [7, 11) is 1.36. The van der Waals surface area contributed by atoms with Gasteiger partial charge in [-0.1, -0.05) is 12.1 Å². The molecular weight excluding hydrogens is 254 g/mol. The number of fused-ring (bicyclic) bond motifs is 1. The molecule has 1 saturated heterocycles. The van der Waals surface area contributed by atoms with Gasteiger partial charge in [-0.3, -0.25) is 0 Å². The van der Waals surface area contributed by atoms with Crippen LogP contribution in [0, 0.1) is 0 Å². The summed E-state index contributed by atoms with van der Waals surface area (Å²) < 4.78 is 10.1. The number of pyridine rings is 1. The highest BCUT2D eigenvalue weighted by Gasteiger charge is 2.16. The maximum absolute atomic E-state index is 11.5. The lowest BCUT2D eigenvalue weighted by atomic mass is 9.90. The molecule has 4 nitrogen and oxygen atoms in total. The number of methoxy groups -OCH3 is 1. The molecule has 2 heterocycles. The fourth-order valence-electron chi connectivity index (χ4n) is 2.66. The van der Waals surface area contributed by atoms with Crippen LogP contribution in [0.15, 0.2) is 30.5 Å². The number of hydrogen-bond acceptors (Lipinski definition) is 4. The molecule has 3 rings (SSSR count). The minimum Gasteiger partial charge on any atom is -0.464 e. The second kappa shape index (κ2) is 5.59. The Balaban J connectivity index is 1.93. The van der Waals surface area contributed by atoms with Gasteiger partial charge in [-0.2, -0.15) is 0 Å². The quantitative estimate of drug-likeness (QED) is 0.788. The van der Waals surface area contributed by atoms with Crippen molar-refractivity contribution < 1.29 is 14.3 Å². The first-order valence-electron chi connectivity index (χ1n) is 6.83. The summed E-state index contributed by atoms with van der Waals surface area (Å²) in [6.07, 6.45) is 3.88. The third-order valence-corrected chi connectivity index (χ3v) is 3.83. The molecule has 104 valence electrons. The van der Waals surface area contributed by atoms with Crippen LogP contribution >= 0.6 is 0 Å². The summed E-state index contributed by atoms with van der Waals surface area (Å²) in [5, 5.41) is 2.07. The molecule has 4 heteroatoms. The fraction of sp³-hybridized carbons (Fsp3) is 0.375. The van der Waals surface area contributed by atoms with Crippen LogP contribution in [0.3, 0.4) is 0 Å². The molecule has 0 atom stereocenters. The van der Waals surface area contributed by atoms with Gasteiger partial charge in [-0.25, -0.2) is 9.78 Å². The molecule has 0 bridgehead atoms. The van der Waals surface area contributed by atoms with Crippen molar-refractivity contribution >= 4 is 16.7 Å². The van der Waals surface area contributed by atoms with Crippen molar-refractivity contribution in [3.63, 3.8) is 0 Å². The van der Waals surface area contributed by atoms with Gasteiger partial charge < -0.3 is 9.47 Å². The molecule has 0 aliphatic carbocycles. The molecule has 0 amide bonds. The van der Waals surface area contributed by atoms with E-state index in [2.05, 4.69) is 21.9 Å². The fourth-order valence-corrected chi connectivity index (χ4v) is 2.66. The van der Waals surface area contributed by atoms with E-state index in [0.717, 1.165) is 36.8 Å². The zero-order chi connectivity index (χ0) is 13.9. The van der Waals surface area contributed by atoms with Gasteiger partial charge in [-0.05, 0) is 41.8 Å². The van der Waals surface area contributed by atoms with E-state index >= 15 is 0 Å². The SMILES string of the molecule is COC(=O)c1cc2ccc(C3CCOCC3)cc2cn1. The van der Waals surface area contributed by atoms with Gasteiger partial charge in [0.2, 0.25) is 0 Å². The Morgan fingerprint density at radius 1 is 1.25 bits per heavy atom. The number of ether oxygens (including phenoxy) is 2.